The van der Waals surface area contributed by atoms with E-state index >= 15 is 0 Å². The molecule has 6 heteroatoms. The van der Waals surface area contributed by atoms with Crippen molar-refractivity contribution in [2.24, 2.45) is 5.73 Å². The van der Waals surface area contributed by atoms with Crippen LogP contribution in [0.3, 0.4) is 0 Å². The first-order valence-electron chi connectivity index (χ1n) is 6.39. The summed E-state index contributed by atoms with van der Waals surface area (Å²) in [6.45, 7) is 1.98. The zero-order chi connectivity index (χ0) is 15.1. The van der Waals surface area contributed by atoms with Gasteiger partial charge in [-0.2, -0.15) is 0 Å². The van der Waals surface area contributed by atoms with E-state index in [-0.39, 0.29) is 11.7 Å². The van der Waals surface area contributed by atoms with Crippen LogP contribution in [0.4, 0.5) is 0 Å². The lowest BCUT2D eigenvalue weighted by Gasteiger charge is -2.16. The predicted octanol–water partition coefficient (Wildman–Crippen LogP) is 3.63. The minimum absolute atomic E-state index is 0.240. The fraction of sp³-hybridized carbons (Fsp3) is 0.133. The first-order chi connectivity index (χ1) is 9.95. The third kappa shape index (κ3) is 2.64. The van der Waals surface area contributed by atoms with Gasteiger partial charge in [0.25, 0.3) is 0 Å². The summed E-state index contributed by atoms with van der Waals surface area (Å²) in [7, 11) is 0. The molecule has 0 spiro atoms. The summed E-state index contributed by atoms with van der Waals surface area (Å²) in [6.07, 6.45) is 0. The van der Waals surface area contributed by atoms with Crippen LogP contribution in [0.2, 0.25) is 5.02 Å². The number of aromatic nitrogens is 2. The smallest absolute Gasteiger partial charge is 0.320 e. The highest BCUT2D eigenvalue weighted by Gasteiger charge is 2.17. The number of H-pyrrole nitrogens is 2. The lowest BCUT2D eigenvalue weighted by molar-refractivity contribution is 0.867. The number of rotatable bonds is 2. The van der Waals surface area contributed by atoms with Gasteiger partial charge in [0.2, 0.25) is 0 Å². The van der Waals surface area contributed by atoms with Crippen LogP contribution in [0.1, 0.15) is 22.7 Å². The standard InChI is InChI=1S/C15H13BrClN3O/c1-7-2-3-8(11(17)4-7)14(18)9-5-12-13(6-10(9)16)20-15(21)19-12/h2-6,14H,18H2,1H3,(H2,19,20,21). The van der Waals surface area contributed by atoms with Crippen LogP contribution in [0.15, 0.2) is 39.6 Å². The number of benzene rings is 2. The molecule has 2 aromatic carbocycles. The summed E-state index contributed by atoms with van der Waals surface area (Å²) >= 11 is 9.79. The second-order valence-corrected chi connectivity index (χ2v) is 6.26. The zero-order valence-electron chi connectivity index (χ0n) is 11.2. The Labute approximate surface area is 134 Å². The van der Waals surface area contributed by atoms with Gasteiger partial charge in [-0.1, -0.05) is 39.7 Å². The summed E-state index contributed by atoms with van der Waals surface area (Å²) in [5, 5.41) is 0.636. The van der Waals surface area contributed by atoms with Crippen molar-refractivity contribution in [3.8, 4) is 0 Å². The molecule has 0 radical (unpaired) electrons. The molecule has 0 saturated carbocycles. The molecule has 1 atom stereocenters. The van der Waals surface area contributed by atoms with Crippen molar-refractivity contribution in [1.82, 2.24) is 9.97 Å². The Morgan fingerprint density at radius 1 is 1.14 bits per heavy atom. The SMILES string of the molecule is Cc1ccc(C(N)c2cc3[nH]c(=O)[nH]c3cc2Br)c(Cl)c1. The van der Waals surface area contributed by atoms with Crippen molar-refractivity contribution in [1.29, 1.82) is 0 Å². The van der Waals surface area contributed by atoms with Crippen molar-refractivity contribution < 1.29 is 0 Å². The molecule has 4 nitrogen and oxygen atoms in total. The van der Waals surface area contributed by atoms with E-state index in [9.17, 15) is 4.79 Å². The third-order valence-corrected chi connectivity index (χ3v) is 4.47. The van der Waals surface area contributed by atoms with E-state index in [0.29, 0.717) is 5.02 Å². The van der Waals surface area contributed by atoms with Gasteiger partial charge in [0.1, 0.15) is 0 Å². The molecule has 1 unspecified atom stereocenters. The van der Waals surface area contributed by atoms with E-state index in [1.54, 1.807) is 0 Å². The van der Waals surface area contributed by atoms with Gasteiger partial charge >= 0.3 is 5.69 Å². The quantitative estimate of drug-likeness (QED) is 0.648. The molecule has 3 aromatic rings. The molecule has 4 N–H and O–H groups in total. The molecule has 108 valence electrons. The summed E-state index contributed by atoms with van der Waals surface area (Å²) in [5.41, 5.74) is 10.4. The number of aryl methyl sites for hydroxylation is 1. The summed E-state index contributed by atoms with van der Waals surface area (Å²) in [4.78, 5) is 16.8. The minimum atomic E-state index is -0.379. The number of fused-ring (bicyclic) bond motifs is 1. The second-order valence-electron chi connectivity index (χ2n) is 5.00. The molecule has 0 aliphatic carbocycles. The van der Waals surface area contributed by atoms with Crippen LogP contribution in [0.25, 0.3) is 11.0 Å². The Morgan fingerprint density at radius 3 is 2.48 bits per heavy atom. The maximum absolute atomic E-state index is 11.4. The van der Waals surface area contributed by atoms with E-state index in [1.165, 1.54) is 0 Å². The fourth-order valence-corrected chi connectivity index (χ4v) is 3.31. The summed E-state index contributed by atoms with van der Waals surface area (Å²) < 4.78 is 0.828. The van der Waals surface area contributed by atoms with Gasteiger partial charge in [0.05, 0.1) is 17.1 Å². The third-order valence-electron chi connectivity index (χ3n) is 3.46. The molecule has 21 heavy (non-hydrogen) atoms. The van der Waals surface area contributed by atoms with Gasteiger partial charge in [-0.3, -0.25) is 0 Å². The highest BCUT2D eigenvalue weighted by Crippen LogP contribution is 2.33. The molecule has 1 aromatic heterocycles. The van der Waals surface area contributed by atoms with E-state index < -0.39 is 0 Å². The van der Waals surface area contributed by atoms with Crippen LogP contribution in [-0.2, 0) is 0 Å². The lowest BCUT2D eigenvalue weighted by Crippen LogP contribution is -2.13. The molecule has 0 bridgehead atoms. The first kappa shape index (κ1) is 14.4. The molecule has 0 fully saturated rings. The molecule has 3 rings (SSSR count). The van der Waals surface area contributed by atoms with Crippen LogP contribution in [-0.4, -0.2) is 9.97 Å². The number of halogens is 2. The average Bonchev–Trinajstić information content (AvgIpc) is 2.76. The van der Waals surface area contributed by atoms with Gasteiger partial charge < -0.3 is 15.7 Å². The van der Waals surface area contributed by atoms with Gasteiger partial charge in [-0.05, 0) is 41.8 Å². The molecule has 0 aliphatic rings. The number of nitrogens with two attached hydrogens (primary N) is 1. The van der Waals surface area contributed by atoms with Crippen molar-refractivity contribution in [2.75, 3.05) is 0 Å². The fourth-order valence-electron chi connectivity index (χ4n) is 2.36. The van der Waals surface area contributed by atoms with E-state index in [1.807, 2.05) is 37.3 Å². The molecule has 1 heterocycles. The maximum Gasteiger partial charge on any atom is 0.323 e. The molecule has 0 saturated heterocycles. The van der Waals surface area contributed by atoms with Crippen LogP contribution in [0.5, 0.6) is 0 Å². The second kappa shape index (κ2) is 5.33. The molecule has 0 amide bonds. The average molecular weight is 367 g/mol. The Bertz CT molecular complexity index is 884. The zero-order valence-corrected chi connectivity index (χ0v) is 13.5. The van der Waals surface area contributed by atoms with Crippen molar-refractivity contribution in [2.45, 2.75) is 13.0 Å². The number of hydrogen-bond donors (Lipinski definition) is 3. The molecular weight excluding hydrogens is 354 g/mol. The molecule has 0 aliphatic heterocycles. The van der Waals surface area contributed by atoms with Gasteiger partial charge in [0, 0.05) is 9.50 Å². The van der Waals surface area contributed by atoms with Crippen LogP contribution < -0.4 is 11.4 Å². The van der Waals surface area contributed by atoms with Crippen LogP contribution >= 0.6 is 27.5 Å². The number of nitrogens with one attached hydrogen (secondary N) is 2. The normalized spacial score (nSPS) is 12.8. The van der Waals surface area contributed by atoms with Gasteiger partial charge in [-0.15, -0.1) is 0 Å². The van der Waals surface area contributed by atoms with E-state index in [4.69, 9.17) is 17.3 Å². The first-order valence-corrected chi connectivity index (χ1v) is 7.56. The number of aromatic amines is 2. The Kier molecular flexibility index (Phi) is 3.65. The van der Waals surface area contributed by atoms with E-state index in [2.05, 4.69) is 25.9 Å². The van der Waals surface area contributed by atoms with Crippen molar-refractivity contribution >= 4 is 38.6 Å². The van der Waals surface area contributed by atoms with Crippen molar-refractivity contribution in [3.63, 3.8) is 0 Å². The number of imidazole rings is 1. The monoisotopic (exact) mass is 365 g/mol. The highest BCUT2D eigenvalue weighted by atomic mass is 79.9. The van der Waals surface area contributed by atoms with Crippen LogP contribution in [0, 0.1) is 6.92 Å². The Hall–Kier alpha value is -1.56. The lowest BCUT2D eigenvalue weighted by atomic mass is 9.98. The molecular formula is C15H13BrClN3O. The topological polar surface area (TPSA) is 74.7 Å². The summed E-state index contributed by atoms with van der Waals surface area (Å²) in [6, 6.07) is 9.12. The predicted molar refractivity (Wildman–Crippen MR) is 88.8 cm³/mol. The maximum atomic E-state index is 11.4. The Balaban J connectivity index is 2.14. The van der Waals surface area contributed by atoms with Gasteiger partial charge in [0.15, 0.2) is 0 Å². The highest BCUT2D eigenvalue weighted by molar-refractivity contribution is 9.10. The largest absolute Gasteiger partial charge is 0.323 e. The summed E-state index contributed by atoms with van der Waals surface area (Å²) in [5.74, 6) is 0. The number of hydrogen-bond acceptors (Lipinski definition) is 2. The van der Waals surface area contributed by atoms with Crippen molar-refractivity contribution in [3.05, 3.63) is 67.0 Å². The van der Waals surface area contributed by atoms with Gasteiger partial charge in [-0.25, -0.2) is 4.79 Å². The minimum Gasteiger partial charge on any atom is -0.320 e. The Morgan fingerprint density at radius 2 is 1.81 bits per heavy atom. The van der Waals surface area contributed by atoms with E-state index in [0.717, 1.165) is 32.2 Å².